The summed E-state index contributed by atoms with van der Waals surface area (Å²) in [5.74, 6) is 0.713. The monoisotopic (exact) mass is 280 g/mol. The third-order valence-corrected chi connectivity index (χ3v) is 3.10. The Morgan fingerprint density at radius 2 is 1.59 bits per heavy atom. The van der Waals surface area contributed by atoms with Gasteiger partial charge in [0.2, 0.25) is 9.05 Å². The largest absolute Gasteiger partial charge is 0.496 e. The van der Waals surface area contributed by atoms with E-state index in [9.17, 15) is 8.42 Å². The number of benzene rings is 1. The fourth-order valence-corrected chi connectivity index (χ4v) is 2.42. The van der Waals surface area contributed by atoms with E-state index in [4.69, 9.17) is 24.9 Å². The minimum Gasteiger partial charge on any atom is -0.496 e. The smallest absolute Gasteiger partial charge is 0.237 e. The lowest BCUT2D eigenvalue weighted by Gasteiger charge is -2.15. The Hall–Kier alpha value is -1.14. The fourth-order valence-electron chi connectivity index (χ4n) is 1.47. The number of rotatable bonds is 5. The van der Waals surface area contributed by atoms with Gasteiger partial charge in [-0.3, -0.25) is 0 Å². The Morgan fingerprint density at radius 3 is 2.00 bits per heavy atom. The summed E-state index contributed by atoms with van der Waals surface area (Å²) >= 11 is 0. The average Bonchev–Trinajstić information content (AvgIpc) is 2.26. The van der Waals surface area contributed by atoms with E-state index in [2.05, 4.69) is 0 Å². The van der Waals surface area contributed by atoms with Crippen LogP contribution in [0.5, 0.6) is 17.2 Å². The molecule has 96 valence electrons. The van der Waals surface area contributed by atoms with Crippen LogP contribution in [0.4, 0.5) is 0 Å². The molecule has 0 radical (unpaired) electrons. The number of halogens is 1. The van der Waals surface area contributed by atoms with Crippen molar-refractivity contribution in [3.8, 4) is 17.2 Å². The van der Waals surface area contributed by atoms with Gasteiger partial charge in [-0.1, -0.05) is 0 Å². The molecule has 0 bridgehead atoms. The van der Waals surface area contributed by atoms with Gasteiger partial charge < -0.3 is 14.2 Å². The molecule has 1 rings (SSSR count). The van der Waals surface area contributed by atoms with Crippen LogP contribution in [0, 0.1) is 0 Å². The number of hydrogen-bond donors (Lipinski definition) is 0. The van der Waals surface area contributed by atoms with E-state index in [0.29, 0.717) is 22.8 Å². The van der Waals surface area contributed by atoms with Crippen molar-refractivity contribution < 1.29 is 22.6 Å². The number of ether oxygens (including phenoxy) is 3. The molecule has 0 atom stereocenters. The lowest BCUT2D eigenvalue weighted by Crippen LogP contribution is -2.03. The summed E-state index contributed by atoms with van der Waals surface area (Å²) in [5, 5.41) is 0. The molecule has 0 saturated carbocycles. The third kappa shape index (κ3) is 3.41. The third-order valence-electron chi connectivity index (χ3n) is 2.14. The maximum Gasteiger partial charge on any atom is 0.237 e. The van der Waals surface area contributed by atoms with E-state index in [0.717, 1.165) is 0 Å². The second-order valence-corrected chi connectivity index (χ2v) is 5.94. The molecule has 0 unspecified atom stereocenters. The molecule has 0 aliphatic heterocycles. The van der Waals surface area contributed by atoms with Crippen LogP contribution in [0.2, 0.25) is 0 Å². The van der Waals surface area contributed by atoms with Gasteiger partial charge in [0.15, 0.2) is 11.5 Å². The van der Waals surface area contributed by atoms with Gasteiger partial charge in [-0.15, -0.1) is 0 Å². The molecular formula is C10H13ClO5S. The minimum absolute atomic E-state index is 0.302. The van der Waals surface area contributed by atoms with Gasteiger partial charge in [-0.05, 0) is 12.1 Å². The standard InChI is InChI=1S/C10H13ClO5S/c1-14-8-4-5-9(15-2)10(16-3)7(8)6-17(11,12)13/h4-5H,6H2,1-3H3. The maximum absolute atomic E-state index is 11.2. The van der Waals surface area contributed by atoms with Crippen molar-refractivity contribution in [1.29, 1.82) is 0 Å². The zero-order chi connectivity index (χ0) is 13.1. The highest BCUT2D eigenvalue weighted by Gasteiger charge is 2.20. The van der Waals surface area contributed by atoms with Gasteiger partial charge in [-0.25, -0.2) is 8.42 Å². The van der Waals surface area contributed by atoms with E-state index >= 15 is 0 Å². The Balaban J connectivity index is 3.40. The summed E-state index contributed by atoms with van der Waals surface area (Å²) in [6.45, 7) is 0. The number of hydrogen-bond acceptors (Lipinski definition) is 5. The molecule has 1 aromatic carbocycles. The van der Waals surface area contributed by atoms with Crippen LogP contribution in [0.1, 0.15) is 5.56 Å². The topological polar surface area (TPSA) is 61.8 Å². The fraction of sp³-hybridized carbons (Fsp3) is 0.400. The van der Waals surface area contributed by atoms with E-state index in [1.807, 2.05) is 0 Å². The van der Waals surface area contributed by atoms with Crippen molar-refractivity contribution in [1.82, 2.24) is 0 Å². The van der Waals surface area contributed by atoms with Gasteiger partial charge in [0.25, 0.3) is 0 Å². The first kappa shape index (κ1) is 13.9. The SMILES string of the molecule is COc1ccc(OC)c(OC)c1CS(=O)(=O)Cl. The molecule has 17 heavy (non-hydrogen) atoms. The first-order valence-corrected chi connectivity index (χ1v) is 7.11. The van der Waals surface area contributed by atoms with Gasteiger partial charge >= 0.3 is 0 Å². The summed E-state index contributed by atoms with van der Waals surface area (Å²) in [7, 11) is 5.85. The summed E-state index contributed by atoms with van der Waals surface area (Å²) in [5.41, 5.74) is 0.337. The summed E-state index contributed by atoms with van der Waals surface area (Å²) < 4.78 is 37.6. The predicted molar refractivity (Wildman–Crippen MR) is 64.6 cm³/mol. The van der Waals surface area contributed by atoms with Crippen LogP contribution in [0.15, 0.2) is 12.1 Å². The molecule has 0 saturated heterocycles. The normalized spacial score (nSPS) is 11.1. The van der Waals surface area contributed by atoms with Crippen LogP contribution in [0.3, 0.4) is 0 Å². The van der Waals surface area contributed by atoms with Crippen molar-refractivity contribution in [2.75, 3.05) is 21.3 Å². The number of methoxy groups -OCH3 is 3. The van der Waals surface area contributed by atoms with Gasteiger partial charge in [-0.2, -0.15) is 0 Å². The summed E-state index contributed by atoms with van der Waals surface area (Å²) in [6, 6.07) is 3.22. The minimum atomic E-state index is -3.71. The second kappa shape index (κ2) is 5.46. The molecule has 0 fully saturated rings. The van der Waals surface area contributed by atoms with E-state index in [-0.39, 0.29) is 0 Å². The molecule has 0 amide bonds. The molecular weight excluding hydrogens is 268 g/mol. The molecule has 0 spiro atoms. The predicted octanol–water partition coefficient (Wildman–Crippen LogP) is 1.78. The summed E-state index contributed by atoms with van der Waals surface area (Å²) in [4.78, 5) is 0. The van der Waals surface area contributed by atoms with E-state index < -0.39 is 14.8 Å². The molecule has 1 aromatic rings. The van der Waals surface area contributed by atoms with Crippen LogP contribution in [-0.2, 0) is 14.8 Å². The van der Waals surface area contributed by atoms with Crippen molar-refractivity contribution in [3.05, 3.63) is 17.7 Å². The quantitative estimate of drug-likeness (QED) is 0.770. The van der Waals surface area contributed by atoms with Gasteiger partial charge in [0.05, 0.1) is 32.6 Å². The lowest BCUT2D eigenvalue weighted by molar-refractivity contribution is 0.345. The van der Waals surface area contributed by atoms with Crippen LogP contribution in [0.25, 0.3) is 0 Å². The van der Waals surface area contributed by atoms with Gasteiger partial charge in [0.1, 0.15) is 5.75 Å². The van der Waals surface area contributed by atoms with Crippen molar-refractivity contribution in [2.24, 2.45) is 0 Å². The van der Waals surface area contributed by atoms with Crippen LogP contribution < -0.4 is 14.2 Å². The highest BCUT2D eigenvalue weighted by molar-refractivity contribution is 8.13. The molecule has 0 aliphatic carbocycles. The van der Waals surface area contributed by atoms with E-state index in [1.54, 1.807) is 12.1 Å². The zero-order valence-electron chi connectivity index (χ0n) is 9.69. The highest BCUT2D eigenvalue weighted by Crippen LogP contribution is 2.38. The van der Waals surface area contributed by atoms with E-state index in [1.165, 1.54) is 21.3 Å². The van der Waals surface area contributed by atoms with Crippen LogP contribution in [-0.4, -0.2) is 29.7 Å². The van der Waals surface area contributed by atoms with Crippen LogP contribution >= 0.6 is 10.7 Å². The van der Waals surface area contributed by atoms with Gasteiger partial charge in [0, 0.05) is 10.7 Å². The first-order valence-electron chi connectivity index (χ1n) is 4.63. The van der Waals surface area contributed by atoms with Crippen molar-refractivity contribution >= 4 is 19.7 Å². The Morgan fingerprint density at radius 1 is 1.06 bits per heavy atom. The molecule has 0 aromatic heterocycles. The zero-order valence-corrected chi connectivity index (χ0v) is 11.3. The highest BCUT2D eigenvalue weighted by atomic mass is 35.7. The van der Waals surface area contributed by atoms with Crippen molar-refractivity contribution in [2.45, 2.75) is 5.75 Å². The lowest BCUT2D eigenvalue weighted by atomic mass is 10.2. The molecule has 7 heteroatoms. The first-order chi connectivity index (χ1) is 7.92. The Labute approximate surface area is 105 Å². The Kier molecular flexibility index (Phi) is 4.47. The van der Waals surface area contributed by atoms with Crippen molar-refractivity contribution in [3.63, 3.8) is 0 Å². The Bertz CT molecular complexity index is 498. The molecule has 0 aliphatic rings. The summed E-state index contributed by atoms with van der Waals surface area (Å²) in [6.07, 6.45) is 0. The molecule has 0 heterocycles. The average molecular weight is 281 g/mol. The molecule has 0 N–H and O–H groups in total. The molecule has 5 nitrogen and oxygen atoms in total. The second-order valence-electron chi connectivity index (χ2n) is 3.17. The maximum atomic E-state index is 11.2.